The normalized spacial score (nSPS) is 15.2. The van der Waals surface area contributed by atoms with Gasteiger partial charge in [0.2, 0.25) is 5.91 Å². The fourth-order valence-corrected chi connectivity index (χ4v) is 6.80. The monoisotopic (exact) mass is 439 g/mol. The van der Waals surface area contributed by atoms with E-state index in [1.165, 1.54) is 10.4 Å². The first-order valence-corrected chi connectivity index (χ1v) is 12.1. The molecule has 10 heteroatoms. The third kappa shape index (κ3) is 4.93. The van der Waals surface area contributed by atoms with E-state index >= 15 is 0 Å². The molecular weight excluding hydrogens is 418 g/mol. The molecule has 1 aromatic heterocycles. The molecule has 1 fully saturated rings. The van der Waals surface area contributed by atoms with Crippen molar-refractivity contribution in [1.82, 2.24) is 9.62 Å². The summed E-state index contributed by atoms with van der Waals surface area (Å²) in [6.45, 7) is 2.55. The van der Waals surface area contributed by atoms with Crippen molar-refractivity contribution in [3.05, 3.63) is 46.8 Å². The highest BCUT2D eigenvalue weighted by molar-refractivity contribution is 7.99. The first kappa shape index (κ1) is 20.8. The van der Waals surface area contributed by atoms with Crippen LogP contribution in [0, 0.1) is 6.92 Å². The van der Waals surface area contributed by atoms with Crippen LogP contribution >= 0.6 is 23.1 Å². The SMILES string of the molecule is Cc1sc(S(=O)(=O)N2CCSCC2)cc1NC(=O)CNC(=O)c1ccccc1. The predicted octanol–water partition coefficient (Wildman–Crippen LogP) is 2.16. The first-order valence-electron chi connectivity index (χ1n) is 8.69. The van der Waals surface area contributed by atoms with Gasteiger partial charge in [-0.2, -0.15) is 16.1 Å². The van der Waals surface area contributed by atoms with Gasteiger partial charge in [-0.3, -0.25) is 9.59 Å². The Hall–Kier alpha value is -1.88. The van der Waals surface area contributed by atoms with Gasteiger partial charge in [0.1, 0.15) is 4.21 Å². The van der Waals surface area contributed by atoms with E-state index in [4.69, 9.17) is 0 Å². The molecular formula is C18H21N3O4S3. The number of thioether (sulfide) groups is 1. The third-order valence-electron chi connectivity index (χ3n) is 4.18. The maximum atomic E-state index is 12.8. The van der Waals surface area contributed by atoms with Crippen LogP contribution in [0.25, 0.3) is 0 Å². The van der Waals surface area contributed by atoms with Crippen LogP contribution in [0.1, 0.15) is 15.2 Å². The second-order valence-corrected chi connectivity index (χ2v) is 10.8. The number of anilines is 1. The summed E-state index contributed by atoms with van der Waals surface area (Å²) in [6, 6.07) is 10.1. The summed E-state index contributed by atoms with van der Waals surface area (Å²) in [5.41, 5.74) is 0.920. The third-order valence-corrected chi connectivity index (χ3v) is 8.52. The number of aryl methyl sites for hydroxylation is 1. The Labute approximate surface area is 172 Å². The molecule has 7 nitrogen and oxygen atoms in total. The molecule has 2 amide bonds. The van der Waals surface area contributed by atoms with Gasteiger partial charge >= 0.3 is 0 Å². The van der Waals surface area contributed by atoms with Crippen LogP contribution < -0.4 is 10.6 Å². The Balaban J connectivity index is 1.61. The van der Waals surface area contributed by atoms with E-state index in [0.717, 1.165) is 22.8 Å². The largest absolute Gasteiger partial charge is 0.343 e. The molecule has 0 atom stereocenters. The number of hydrogen-bond donors (Lipinski definition) is 2. The van der Waals surface area contributed by atoms with E-state index < -0.39 is 15.9 Å². The lowest BCUT2D eigenvalue weighted by atomic mass is 10.2. The molecule has 0 unspecified atom stereocenters. The van der Waals surface area contributed by atoms with Crippen LogP contribution in [0.5, 0.6) is 0 Å². The second kappa shape index (κ2) is 9.08. The van der Waals surface area contributed by atoms with Crippen LogP contribution in [0.3, 0.4) is 0 Å². The summed E-state index contributed by atoms with van der Waals surface area (Å²) >= 11 is 2.88. The van der Waals surface area contributed by atoms with Crippen molar-refractivity contribution in [3.8, 4) is 0 Å². The van der Waals surface area contributed by atoms with Gasteiger partial charge in [0.25, 0.3) is 15.9 Å². The lowest BCUT2D eigenvalue weighted by Gasteiger charge is -2.24. The highest BCUT2D eigenvalue weighted by Crippen LogP contribution is 2.32. The molecule has 0 radical (unpaired) electrons. The maximum absolute atomic E-state index is 12.8. The standard InChI is InChI=1S/C18H21N3O4S3/c1-13-15(11-17(27-13)28(24,25)21-7-9-26-10-8-21)20-16(22)12-19-18(23)14-5-3-2-4-6-14/h2-6,11H,7-10,12H2,1H3,(H,19,23)(H,20,22). The molecule has 150 valence electrons. The fourth-order valence-electron chi connectivity index (χ4n) is 2.67. The molecule has 3 rings (SSSR count). The van der Waals surface area contributed by atoms with E-state index in [-0.39, 0.29) is 16.7 Å². The number of thiophene rings is 1. The van der Waals surface area contributed by atoms with Gasteiger partial charge in [0.15, 0.2) is 0 Å². The number of nitrogens with one attached hydrogen (secondary N) is 2. The van der Waals surface area contributed by atoms with Gasteiger partial charge in [-0.05, 0) is 25.1 Å². The number of hydrogen-bond acceptors (Lipinski definition) is 6. The molecule has 1 aliphatic heterocycles. The summed E-state index contributed by atoms with van der Waals surface area (Å²) < 4.78 is 27.2. The molecule has 0 bridgehead atoms. The second-order valence-electron chi connectivity index (χ2n) is 6.15. The van der Waals surface area contributed by atoms with Gasteiger partial charge in [0.05, 0.1) is 12.2 Å². The van der Waals surface area contributed by atoms with Crippen molar-refractivity contribution in [2.24, 2.45) is 0 Å². The number of benzene rings is 1. The minimum atomic E-state index is -3.54. The zero-order valence-electron chi connectivity index (χ0n) is 15.3. The number of nitrogens with zero attached hydrogens (tertiary/aromatic N) is 1. The van der Waals surface area contributed by atoms with Crippen molar-refractivity contribution in [3.63, 3.8) is 0 Å². The van der Waals surface area contributed by atoms with Crippen LogP contribution in [-0.2, 0) is 14.8 Å². The van der Waals surface area contributed by atoms with Crippen molar-refractivity contribution in [2.75, 3.05) is 36.5 Å². The van der Waals surface area contributed by atoms with Crippen LogP contribution in [0.15, 0.2) is 40.6 Å². The molecule has 2 N–H and O–H groups in total. The summed E-state index contributed by atoms with van der Waals surface area (Å²) in [5.74, 6) is 0.815. The van der Waals surface area contributed by atoms with Crippen LogP contribution in [-0.4, -0.2) is 55.7 Å². The molecule has 2 aromatic rings. The number of carbonyl (C=O) groups is 2. The minimum Gasteiger partial charge on any atom is -0.343 e. The highest BCUT2D eigenvalue weighted by Gasteiger charge is 2.28. The first-order chi connectivity index (χ1) is 13.4. The Kier molecular flexibility index (Phi) is 6.76. The maximum Gasteiger partial charge on any atom is 0.252 e. The summed E-state index contributed by atoms with van der Waals surface area (Å²) in [6.07, 6.45) is 0. The molecule has 2 heterocycles. The van der Waals surface area contributed by atoms with Crippen LogP contribution in [0.2, 0.25) is 0 Å². The van der Waals surface area contributed by atoms with E-state index in [1.807, 2.05) is 0 Å². The van der Waals surface area contributed by atoms with Gasteiger partial charge in [-0.15, -0.1) is 11.3 Å². The topological polar surface area (TPSA) is 95.6 Å². The van der Waals surface area contributed by atoms with Crippen molar-refractivity contribution < 1.29 is 18.0 Å². The Bertz CT molecular complexity index is 952. The highest BCUT2D eigenvalue weighted by atomic mass is 32.2. The molecule has 1 aromatic carbocycles. The predicted molar refractivity (Wildman–Crippen MR) is 113 cm³/mol. The average molecular weight is 440 g/mol. The van der Waals surface area contributed by atoms with E-state index in [1.54, 1.807) is 49.0 Å². The molecule has 1 saturated heterocycles. The summed E-state index contributed by atoms with van der Waals surface area (Å²) in [7, 11) is -3.54. The van der Waals surface area contributed by atoms with E-state index in [9.17, 15) is 18.0 Å². The lowest BCUT2D eigenvalue weighted by Crippen LogP contribution is -2.37. The number of sulfonamides is 1. The summed E-state index contributed by atoms with van der Waals surface area (Å²) in [5, 5.41) is 5.23. The summed E-state index contributed by atoms with van der Waals surface area (Å²) in [4.78, 5) is 24.9. The zero-order valence-corrected chi connectivity index (χ0v) is 17.8. The number of rotatable bonds is 6. The Morgan fingerprint density at radius 1 is 1.14 bits per heavy atom. The molecule has 28 heavy (non-hydrogen) atoms. The van der Waals surface area contributed by atoms with E-state index in [2.05, 4.69) is 10.6 Å². The smallest absolute Gasteiger partial charge is 0.252 e. The number of amides is 2. The van der Waals surface area contributed by atoms with Gasteiger partial charge in [0, 0.05) is 35.0 Å². The Morgan fingerprint density at radius 3 is 2.50 bits per heavy atom. The van der Waals surface area contributed by atoms with Crippen molar-refractivity contribution in [2.45, 2.75) is 11.1 Å². The fraction of sp³-hybridized carbons (Fsp3) is 0.333. The van der Waals surface area contributed by atoms with E-state index in [0.29, 0.717) is 29.2 Å². The average Bonchev–Trinajstić information content (AvgIpc) is 3.08. The zero-order chi connectivity index (χ0) is 20.1. The molecule has 0 aliphatic carbocycles. The number of carbonyl (C=O) groups excluding carboxylic acids is 2. The van der Waals surface area contributed by atoms with Gasteiger partial charge in [-0.25, -0.2) is 8.42 Å². The quantitative estimate of drug-likeness (QED) is 0.719. The lowest BCUT2D eigenvalue weighted by molar-refractivity contribution is -0.115. The molecule has 0 spiro atoms. The van der Waals surface area contributed by atoms with Crippen molar-refractivity contribution >= 4 is 50.6 Å². The van der Waals surface area contributed by atoms with Crippen LogP contribution in [0.4, 0.5) is 5.69 Å². The van der Waals surface area contributed by atoms with Gasteiger partial charge in [-0.1, -0.05) is 18.2 Å². The molecule has 0 saturated carbocycles. The minimum absolute atomic E-state index is 0.200. The van der Waals surface area contributed by atoms with Gasteiger partial charge < -0.3 is 10.6 Å². The Morgan fingerprint density at radius 2 is 1.82 bits per heavy atom. The molecule has 1 aliphatic rings. The van der Waals surface area contributed by atoms with Crippen molar-refractivity contribution in [1.29, 1.82) is 0 Å².